The number of amides is 1. The summed E-state index contributed by atoms with van der Waals surface area (Å²) in [5, 5.41) is 0.440. The zero-order valence-corrected chi connectivity index (χ0v) is 13.7. The van der Waals surface area contributed by atoms with E-state index < -0.39 is 0 Å². The molecule has 1 amide bonds. The van der Waals surface area contributed by atoms with Crippen molar-refractivity contribution >= 4 is 45.8 Å². The molecule has 2 aromatic carbocycles. The predicted molar refractivity (Wildman–Crippen MR) is 87.3 cm³/mol. The molecular formula is C15H10ClFINO2. The molecule has 0 saturated carbocycles. The second-order valence-corrected chi connectivity index (χ2v) is 6.30. The van der Waals surface area contributed by atoms with Gasteiger partial charge in [0.15, 0.2) is 6.61 Å². The van der Waals surface area contributed by atoms with Crippen LogP contribution in [0.5, 0.6) is 5.75 Å². The predicted octanol–water partition coefficient (Wildman–Crippen LogP) is 4.01. The summed E-state index contributed by atoms with van der Waals surface area (Å²) >= 11 is 8.06. The van der Waals surface area contributed by atoms with E-state index in [0.717, 1.165) is 3.57 Å². The Morgan fingerprint density at radius 1 is 1.29 bits per heavy atom. The Bertz CT molecular complexity index is 723. The van der Waals surface area contributed by atoms with Crippen LogP contribution in [0.2, 0.25) is 5.02 Å². The fourth-order valence-electron chi connectivity index (χ4n) is 2.18. The third-order valence-electron chi connectivity index (χ3n) is 3.20. The van der Waals surface area contributed by atoms with Gasteiger partial charge < -0.3 is 9.64 Å². The molecule has 0 unspecified atom stereocenters. The van der Waals surface area contributed by atoms with E-state index in [1.807, 2.05) is 18.2 Å². The summed E-state index contributed by atoms with van der Waals surface area (Å²) in [6, 6.07) is 9.87. The van der Waals surface area contributed by atoms with Crippen LogP contribution in [0.4, 0.5) is 10.1 Å². The summed E-state index contributed by atoms with van der Waals surface area (Å²) in [7, 11) is 0. The normalized spacial score (nSPS) is 13.9. The minimum Gasteiger partial charge on any atom is -0.482 e. The van der Waals surface area contributed by atoms with Crippen molar-refractivity contribution in [2.75, 3.05) is 11.5 Å². The van der Waals surface area contributed by atoms with Gasteiger partial charge in [-0.25, -0.2) is 4.39 Å². The summed E-state index contributed by atoms with van der Waals surface area (Å²) in [5.74, 6) is 0.0344. The number of halogens is 3. The van der Waals surface area contributed by atoms with Crippen LogP contribution in [-0.4, -0.2) is 12.5 Å². The van der Waals surface area contributed by atoms with Crippen LogP contribution in [0.25, 0.3) is 0 Å². The van der Waals surface area contributed by atoms with Crippen LogP contribution in [-0.2, 0) is 11.3 Å². The molecule has 21 heavy (non-hydrogen) atoms. The van der Waals surface area contributed by atoms with Crippen LogP contribution >= 0.6 is 34.2 Å². The number of ether oxygens (including phenoxy) is 1. The molecule has 6 heteroatoms. The van der Waals surface area contributed by atoms with Crippen molar-refractivity contribution in [1.82, 2.24) is 0 Å². The van der Waals surface area contributed by atoms with Crippen molar-refractivity contribution in [2.24, 2.45) is 0 Å². The molecule has 2 aromatic rings. The topological polar surface area (TPSA) is 29.5 Å². The number of rotatable bonds is 2. The van der Waals surface area contributed by atoms with E-state index in [2.05, 4.69) is 22.6 Å². The Balaban J connectivity index is 2.00. The van der Waals surface area contributed by atoms with Gasteiger partial charge in [0.25, 0.3) is 5.91 Å². The minimum absolute atomic E-state index is 0.0459. The molecule has 0 aliphatic carbocycles. The highest BCUT2D eigenvalue weighted by Crippen LogP contribution is 2.34. The van der Waals surface area contributed by atoms with Gasteiger partial charge in [0.1, 0.15) is 11.6 Å². The first-order chi connectivity index (χ1) is 10.0. The molecule has 0 saturated heterocycles. The molecule has 0 radical (unpaired) electrons. The van der Waals surface area contributed by atoms with E-state index in [-0.39, 0.29) is 24.9 Å². The van der Waals surface area contributed by atoms with Gasteiger partial charge in [-0.15, -0.1) is 0 Å². The maximum atomic E-state index is 13.9. The smallest absolute Gasteiger partial charge is 0.265 e. The van der Waals surface area contributed by atoms with Crippen molar-refractivity contribution < 1.29 is 13.9 Å². The van der Waals surface area contributed by atoms with Crippen LogP contribution in [0.15, 0.2) is 36.4 Å². The quantitative estimate of drug-likeness (QED) is 0.691. The summed E-state index contributed by atoms with van der Waals surface area (Å²) in [6.45, 7) is 0.0808. The Hall–Kier alpha value is -1.34. The largest absolute Gasteiger partial charge is 0.482 e. The van der Waals surface area contributed by atoms with Gasteiger partial charge in [-0.1, -0.05) is 11.6 Å². The lowest BCUT2D eigenvalue weighted by Crippen LogP contribution is -2.38. The van der Waals surface area contributed by atoms with Crippen molar-refractivity contribution in [1.29, 1.82) is 0 Å². The third kappa shape index (κ3) is 2.98. The average molecular weight is 418 g/mol. The van der Waals surface area contributed by atoms with Crippen LogP contribution in [0, 0.1) is 9.39 Å². The fourth-order valence-corrected chi connectivity index (χ4v) is 2.85. The Kier molecular flexibility index (Phi) is 4.03. The van der Waals surface area contributed by atoms with Gasteiger partial charge in [0.2, 0.25) is 0 Å². The second kappa shape index (κ2) is 5.81. The highest BCUT2D eigenvalue weighted by Gasteiger charge is 2.26. The molecule has 0 spiro atoms. The minimum atomic E-state index is -0.383. The molecule has 1 heterocycles. The molecular weight excluding hydrogens is 408 g/mol. The number of fused-ring (bicyclic) bond motifs is 1. The zero-order chi connectivity index (χ0) is 15.0. The van der Waals surface area contributed by atoms with E-state index in [9.17, 15) is 9.18 Å². The van der Waals surface area contributed by atoms with E-state index in [1.54, 1.807) is 0 Å². The van der Waals surface area contributed by atoms with E-state index >= 15 is 0 Å². The van der Waals surface area contributed by atoms with Gasteiger partial charge in [0, 0.05) is 14.2 Å². The Morgan fingerprint density at radius 3 is 2.90 bits per heavy atom. The molecule has 1 aliphatic rings. The highest BCUT2D eigenvalue weighted by atomic mass is 127. The average Bonchev–Trinajstić information content (AvgIpc) is 2.46. The molecule has 0 fully saturated rings. The number of anilines is 1. The SMILES string of the molecule is O=C1COc2ccc(I)cc2N1Cc1cc(Cl)ccc1F. The number of carbonyl (C=O) groups is 1. The number of hydrogen-bond donors (Lipinski definition) is 0. The summed E-state index contributed by atoms with van der Waals surface area (Å²) < 4.78 is 20.2. The lowest BCUT2D eigenvalue weighted by molar-refractivity contribution is -0.121. The molecule has 0 bridgehead atoms. The van der Waals surface area contributed by atoms with Gasteiger partial charge in [-0.2, -0.15) is 0 Å². The second-order valence-electron chi connectivity index (χ2n) is 4.62. The first kappa shape index (κ1) is 14.6. The first-order valence-corrected chi connectivity index (χ1v) is 7.67. The molecule has 0 aromatic heterocycles. The summed E-state index contributed by atoms with van der Waals surface area (Å²) in [4.78, 5) is 13.6. The summed E-state index contributed by atoms with van der Waals surface area (Å²) in [6.07, 6.45) is 0. The van der Waals surface area contributed by atoms with Gasteiger partial charge >= 0.3 is 0 Å². The number of carbonyl (C=O) groups excluding carboxylic acids is 1. The van der Waals surface area contributed by atoms with Gasteiger partial charge in [-0.3, -0.25) is 4.79 Å². The molecule has 0 atom stereocenters. The van der Waals surface area contributed by atoms with Crippen LogP contribution < -0.4 is 9.64 Å². The number of benzene rings is 2. The highest BCUT2D eigenvalue weighted by molar-refractivity contribution is 14.1. The fraction of sp³-hybridized carbons (Fsp3) is 0.133. The lowest BCUT2D eigenvalue weighted by atomic mass is 10.1. The number of hydrogen-bond acceptors (Lipinski definition) is 2. The van der Waals surface area contributed by atoms with E-state index in [0.29, 0.717) is 22.0 Å². The maximum Gasteiger partial charge on any atom is 0.265 e. The molecule has 108 valence electrons. The van der Waals surface area contributed by atoms with Crippen molar-refractivity contribution in [3.63, 3.8) is 0 Å². The lowest BCUT2D eigenvalue weighted by Gasteiger charge is -2.29. The third-order valence-corrected chi connectivity index (χ3v) is 4.11. The monoisotopic (exact) mass is 417 g/mol. The number of nitrogens with zero attached hydrogens (tertiary/aromatic N) is 1. The molecule has 1 aliphatic heterocycles. The van der Waals surface area contributed by atoms with Crippen molar-refractivity contribution in [3.8, 4) is 5.75 Å². The Labute approximate surface area is 139 Å². The van der Waals surface area contributed by atoms with E-state index in [4.69, 9.17) is 16.3 Å². The first-order valence-electron chi connectivity index (χ1n) is 6.21. The molecule has 3 nitrogen and oxygen atoms in total. The van der Waals surface area contributed by atoms with E-state index in [1.165, 1.54) is 23.1 Å². The van der Waals surface area contributed by atoms with Gasteiger partial charge in [0.05, 0.1) is 12.2 Å². The van der Waals surface area contributed by atoms with Gasteiger partial charge in [-0.05, 0) is 59.0 Å². The van der Waals surface area contributed by atoms with Crippen molar-refractivity contribution in [3.05, 3.63) is 56.4 Å². The molecule has 0 N–H and O–H groups in total. The van der Waals surface area contributed by atoms with Crippen LogP contribution in [0.1, 0.15) is 5.56 Å². The summed E-state index contributed by atoms with van der Waals surface area (Å²) in [5.41, 5.74) is 1.03. The Morgan fingerprint density at radius 2 is 2.10 bits per heavy atom. The maximum absolute atomic E-state index is 13.9. The van der Waals surface area contributed by atoms with Crippen LogP contribution in [0.3, 0.4) is 0 Å². The standard InChI is InChI=1S/C15H10ClFINO2/c16-10-1-3-12(17)9(5-10)7-19-13-6-11(18)2-4-14(13)21-8-15(19)20/h1-6H,7-8H2. The van der Waals surface area contributed by atoms with Crippen molar-refractivity contribution in [2.45, 2.75) is 6.54 Å². The zero-order valence-electron chi connectivity index (χ0n) is 10.8. The molecule has 3 rings (SSSR count).